The van der Waals surface area contributed by atoms with Crippen LogP contribution in [0.3, 0.4) is 0 Å². The van der Waals surface area contributed by atoms with Crippen molar-refractivity contribution in [2.75, 3.05) is 25.0 Å². The number of aliphatic hydroxyl groups is 1. The molecule has 0 aromatic heterocycles. The number of carbonyl (C=O) groups is 1. The molecule has 4 N–H and O–H groups in total. The van der Waals surface area contributed by atoms with Crippen LogP contribution in [0.5, 0.6) is 0 Å². The number of amides is 1. The monoisotopic (exact) mass is 472 g/mol. The summed E-state index contributed by atoms with van der Waals surface area (Å²) in [6.45, 7) is 4.10. The number of hydrogen-bond acceptors (Lipinski definition) is 3. The smallest absolute Gasteiger partial charge is 0.225 e. The van der Waals surface area contributed by atoms with E-state index < -0.39 is 0 Å². The van der Waals surface area contributed by atoms with Crippen LogP contribution in [0, 0.1) is 5.92 Å². The second-order valence-corrected chi connectivity index (χ2v) is 6.90. The van der Waals surface area contributed by atoms with Gasteiger partial charge in [-0.05, 0) is 31.4 Å². The Morgan fingerprint density at radius 2 is 2.12 bits per heavy atom. The number of halogens is 1. The molecule has 3 unspecified atom stereocenters. The first-order valence-corrected chi connectivity index (χ1v) is 9.26. The molecule has 1 fully saturated rings. The van der Waals surface area contributed by atoms with Crippen LogP contribution in [-0.4, -0.2) is 42.7 Å². The van der Waals surface area contributed by atoms with Gasteiger partial charge in [0.15, 0.2) is 5.96 Å². The number of nitrogens with one attached hydrogen (secondary N) is 3. The summed E-state index contributed by atoms with van der Waals surface area (Å²) < 4.78 is 0. The van der Waals surface area contributed by atoms with Gasteiger partial charge in [-0.3, -0.25) is 9.79 Å². The summed E-state index contributed by atoms with van der Waals surface area (Å²) in [5.74, 6) is 1.20. The topological polar surface area (TPSA) is 85.8 Å². The zero-order valence-electron chi connectivity index (χ0n) is 15.2. The van der Waals surface area contributed by atoms with E-state index in [1.54, 1.807) is 0 Å². The second kappa shape index (κ2) is 10.1. The number of para-hydroxylation sites is 1. The number of hydrogen-bond donors (Lipinski definition) is 4. The molecule has 1 amide bonds. The Balaban J connectivity index is 0.00000243. The Labute approximate surface area is 172 Å². The van der Waals surface area contributed by atoms with Gasteiger partial charge in [0.2, 0.25) is 5.91 Å². The summed E-state index contributed by atoms with van der Waals surface area (Å²) in [6, 6.07) is 7.96. The first-order chi connectivity index (χ1) is 12.2. The van der Waals surface area contributed by atoms with Gasteiger partial charge in [-0.2, -0.15) is 0 Å². The lowest BCUT2D eigenvalue weighted by Crippen LogP contribution is -2.41. The summed E-state index contributed by atoms with van der Waals surface area (Å²) in [4.78, 5) is 16.6. The zero-order valence-corrected chi connectivity index (χ0v) is 17.5. The molecule has 0 spiro atoms. The fourth-order valence-electron chi connectivity index (χ4n) is 3.68. The van der Waals surface area contributed by atoms with Gasteiger partial charge in [0.05, 0.1) is 6.10 Å². The summed E-state index contributed by atoms with van der Waals surface area (Å²) in [6.07, 6.45) is 3.27. The average molecular weight is 472 g/mol. The first-order valence-electron chi connectivity index (χ1n) is 9.26. The molecule has 1 heterocycles. The van der Waals surface area contributed by atoms with Crippen LogP contribution in [-0.2, 0) is 4.79 Å². The standard InChI is InChI=1S/C19H28N4O2.HI/c1-2-20-19(21-11-13-6-5-9-17(13)24)22-12-14-10-18(25)23-16-8-4-3-7-15(14)16;/h3-4,7-8,13-14,17,24H,2,5-6,9-12H2,1H3,(H,23,25)(H2,20,21,22);1H. The van der Waals surface area contributed by atoms with E-state index >= 15 is 0 Å². The van der Waals surface area contributed by atoms with E-state index in [1.807, 2.05) is 25.1 Å². The van der Waals surface area contributed by atoms with Crippen molar-refractivity contribution in [3.05, 3.63) is 29.8 Å². The minimum absolute atomic E-state index is 0. The molecule has 0 saturated heterocycles. The lowest BCUT2D eigenvalue weighted by Gasteiger charge is -2.26. The third-order valence-electron chi connectivity index (χ3n) is 5.07. The normalized spacial score (nSPS) is 25.1. The minimum atomic E-state index is -0.222. The molecular weight excluding hydrogens is 443 g/mol. The van der Waals surface area contributed by atoms with Crippen molar-refractivity contribution in [3.63, 3.8) is 0 Å². The summed E-state index contributed by atoms with van der Waals surface area (Å²) in [5, 5.41) is 19.5. The van der Waals surface area contributed by atoms with E-state index in [0.717, 1.165) is 43.0 Å². The maximum atomic E-state index is 11.9. The van der Waals surface area contributed by atoms with E-state index in [-0.39, 0.29) is 47.8 Å². The molecule has 26 heavy (non-hydrogen) atoms. The van der Waals surface area contributed by atoms with Gasteiger partial charge in [-0.1, -0.05) is 24.6 Å². The molecule has 0 bridgehead atoms. The number of anilines is 1. The predicted molar refractivity (Wildman–Crippen MR) is 115 cm³/mol. The molecular formula is C19H29IN4O2. The van der Waals surface area contributed by atoms with Gasteiger partial charge >= 0.3 is 0 Å². The molecule has 3 atom stereocenters. The van der Waals surface area contributed by atoms with E-state index in [9.17, 15) is 9.90 Å². The molecule has 1 saturated carbocycles. The zero-order chi connectivity index (χ0) is 17.6. The quantitative estimate of drug-likeness (QED) is 0.301. The van der Waals surface area contributed by atoms with Crippen LogP contribution < -0.4 is 16.0 Å². The highest BCUT2D eigenvalue weighted by Gasteiger charge is 2.26. The summed E-state index contributed by atoms with van der Waals surface area (Å²) in [7, 11) is 0. The van der Waals surface area contributed by atoms with E-state index in [1.165, 1.54) is 0 Å². The fourth-order valence-corrected chi connectivity index (χ4v) is 3.68. The molecule has 0 radical (unpaired) electrons. The summed E-state index contributed by atoms with van der Waals surface area (Å²) >= 11 is 0. The third kappa shape index (κ3) is 5.33. The second-order valence-electron chi connectivity index (χ2n) is 6.90. The fraction of sp³-hybridized carbons (Fsp3) is 0.579. The number of carbonyl (C=O) groups excluding carboxylic acids is 1. The molecule has 3 rings (SSSR count). The molecule has 1 aliphatic heterocycles. The van der Waals surface area contributed by atoms with Crippen LogP contribution in [0.2, 0.25) is 0 Å². The van der Waals surface area contributed by atoms with E-state index in [4.69, 9.17) is 0 Å². The molecule has 7 heteroatoms. The minimum Gasteiger partial charge on any atom is -0.393 e. The maximum Gasteiger partial charge on any atom is 0.225 e. The Morgan fingerprint density at radius 3 is 2.85 bits per heavy atom. The van der Waals surface area contributed by atoms with Crippen molar-refractivity contribution in [2.24, 2.45) is 10.9 Å². The van der Waals surface area contributed by atoms with E-state index in [0.29, 0.717) is 19.5 Å². The van der Waals surface area contributed by atoms with Gasteiger partial charge in [-0.15, -0.1) is 24.0 Å². The lowest BCUT2D eigenvalue weighted by molar-refractivity contribution is -0.116. The van der Waals surface area contributed by atoms with Gasteiger partial charge in [-0.25, -0.2) is 0 Å². The van der Waals surface area contributed by atoms with Crippen molar-refractivity contribution >= 4 is 41.5 Å². The van der Waals surface area contributed by atoms with Gasteiger partial charge in [0.1, 0.15) is 0 Å². The SMILES string of the molecule is CCNC(=NCC1CCCC1O)NCC1CC(=O)Nc2ccccc21.I. The molecule has 2 aliphatic rings. The van der Waals surface area contributed by atoms with Crippen LogP contribution in [0.15, 0.2) is 29.3 Å². The molecule has 144 valence electrons. The number of guanidine groups is 1. The highest BCUT2D eigenvalue weighted by molar-refractivity contribution is 14.0. The molecule has 1 aromatic rings. The van der Waals surface area contributed by atoms with Crippen molar-refractivity contribution in [3.8, 4) is 0 Å². The number of aliphatic hydroxyl groups excluding tert-OH is 1. The van der Waals surface area contributed by atoms with Gasteiger partial charge < -0.3 is 21.1 Å². The number of aliphatic imine (C=N–C) groups is 1. The largest absolute Gasteiger partial charge is 0.393 e. The van der Waals surface area contributed by atoms with Crippen LogP contribution in [0.25, 0.3) is 0 Å². The van der Waals surface area contributed by atoms with Crippen LogP contribution >= 0.6 is 24.0 Å². The Hall–Kier alpha value is -1.35. The van der Waals surface area contributed by atoms with Gasteiger partial charge in [0.25, 0.3) is 0 Å². The van der Waals surface area contributed by atoms with Crippen LogP contribution in [0.1, 0.15) is 44.1 Å². The number of fused-ring (bicyclic) bond motifs is 1. The molecule has 6 nitrogen and oxygen atoms in total. The first kappa shape index (κ1) is 21.0. The van der Waals surface area contributed by atoms with Crippen molar-refractivity contribution < 1.29 is 9.90 Å². The van der Waals surface area contributed by atoms with Crippen molar-refractivity contribution in [1.82, 2.24) is 10.6 Å². The maximum absolute atomic E-state index is 11.9. The van der Waals surface area contributed by atoms with Crippen LogP contribution in [0.4, 0.5) is 5.69 Å². The Bertz CT molecular complexity index is 638. The number of nitrogens with zero attached hydrogens (tertiary/aromatic N) is 1. The average Bonchev–Trinajstić information content (AvgIpc) is 3.02. The third-order valence-corrected chi connectivity index (χ3v) is 5.07. The predicted octanol–water partition coefficient (Wildman–Crippen LogP) is 2.45. The highest BCUT2D eigenvalue weighted by Crippen LogP contribution is 2.31. The lowest BCUT2D eigenvalue weighted by atomic mass is 9.90. The molecule has 1 aromatic carbocycles. The summed E-state index contributed by atoms with van der Waals surface area (Å²) in [5.41, 5.74) is 2.07. The number of benzene rings is 1. The van der Waals surface area contributed by atoms with Crippen molar-refractivity contribution in [2.45, 2.75) is 44.6 Å². The number of rotatable bonds is 5. The van der Waals surface area contributed by atoms with Gasteiger partial charge in [0, 0.05) is 43.6 Å². The highest BCUT2D eigenvalue weighted by atomic mass is 127. The van der Waals surface area contributed by atoms with E-state index in [2.05, 4.69) is 27.0 Å². The molecule has 1 aliphatic carbocycles. The van der Waals surface area contributed by atoms with Crippen molar-refractivity contribution in [1.29, 1.82) is 0 Å². The Morgan fingerprint density at radius 1 is 1.31 bits per heavy atom. The Kier molecular flexibility index (Phi) is 8.15.